The average Bonchev–Trinajstić information content (AvgIpc) is 2.76. The zero-order valence-corrected chi connectivity index (χ0v) is 11.0. The van der Waals surface area contributed by atoms with Crippen molar-refractivity contribution in [1.82, 2.24) is 0 Å². The van der Waals surface area contributed by atoms with Gasteiger partial charge in [0.05, 0.1) is 19.8 Å². The van der Waals surface area contributed by atoms with Crippen molar-refractivity contribution < 1.29 is 50.0 Å². The predicted octanol–water partition coefficient (Wildman–Crippen LogP) is -4.76. The molecule has 8 atom stereocenters. The van der Waals surface area contributed by atoms with E-state index in [1.165, 1.54) is 0 Å². The van der Waals surface area contributed by atoms with Gasteiger partial charge in [-0.1, -0.05) is 0 Å². The van der Waals surface area contributed by atoms with Crippen LogP contribution in [0.4, 0.5) is 0 Å². The van der Waals surface area contributed by atoms with Gasteiger partial charge in [-0.2, -0.15) is 0 Å². The van der Waals surface area contributed by atoms with Gasteiger partial charge < -0.3 is 50.0 Å². The topological polar surface area (TPSA) is 169 Å². The average molecular weight is 312 g/mol. The molecule has 0 bridgehead atoms. The molecule has 0 amide bonds. The molecule has 21 heavy (non-hydrogen) atoms. The van der Waals surface area contributed by atoms with Crippen LogP contribution in [-0.4, -0.2) is 104 Å². The summed E-state index contributed by atoms with van der Waals surface area (Å²) in [7, 11) is 0. The largest absolute Gasteiger partial charge is 0.394 e. The minimum atomic E-state index is -2.18. The van der Waals surface area contributed by atoms with E-state index in [2.05, 4.69) is 0 Å². The molecule has 124 valence electrons. The Balaban J connectivity index is 2.02. The third kappa shape index (κ3) is 3.05. The molecular weight excluding hydrogens is 292 g/mol. The highest BCUT2D eigenvalue weighted by atomic mass is 16.7. The van der Waals surface area contributed by atoms with Crippen LogP contribution in [0.15, 0.2) is 0 Å². The molecular formula is C11H20O10. The highest BCUT2D eigenvalue weighted by molar-refractivity contribution is 4.93. The van der Waals surface area contributed by atoms with Gasteiger partial charge in [-0.3, -0.25) is 0 Å². The molecule has 2 heterocycles. The molecule has 10 heteroatoms. The number of ether oxygens (including phenoxy) is 3. The van der Waals surface area contributed by atoms with Crippen molar-refractivity contribution in [1.29, 1.82) is 0 Å². The van der Waals surface area contributed by atoms with Crippen LogP contribution in [0.1, 0.15) is 0 Å². The summed E-state index contributed by atoms with van der Waals surface area (Å²) in [5, 5.41) is 66.5. The SMILES string of the molecule is OCC1OC(O[C@H]2COC(O)(CO)C2O)C(O)[C@@H](O)[C@@H]1O. The van der Waals surface area contributed by atoms with Crippen LogP contribution < -0.4 is 0 Å². The monoisotopic (exact) mass is 312 g/mol. The third-order valence-electron chi connectivity index (χ3n) is 3.70. The maximum Gasteiger partial charge on any atom is 0.218 e. The quantitative estimate of drug-likeness (QED) is 0.267. The van der Waals surface area contributed by atoms with E-state index in [-0.39, 0.29) is 6.61 Å². The Morgan fingerprint density at radius 2 is 1.71 bits per heavy atom. The van der Waals surface area contributed by atoms with E-state index < -0.39 is 61.9 Å². The molecule has 0 aliphatic carbocycles. The molecule has 0 aromatic heterocycles. The second kappa shape index (κ2) is 6.38. The van der Waals surface area contributed by atoms with Crippen LogP contribution in [-0.2, 0) is 14.2 Å². The normalized spacial score (nSPS) is 51.3. The molecule has 2 saturated heterocycles. The van der Waals surface area contributed by atoms with Crippen molar-refractivity contribution in [3.63, 3.8) is 0 Å². The fourth-order valence-corrected chi connectivity index (χ4v) is 2.30. The molecule has 0 aromatic carbocycles. The minimum absolute atomic E-state index is 0.284. The van der Waals surface area contributed by atoms with Gasteiger partial charge in [-0.25, -0.2) is 0 Å². The first-order chi connectivity index (χ1) is 9.84. The van der Waals surface area contributed by atoms with Gasteiger partial charge in [0.2, 0.25) is 5.79 Å². The Morgan fingerprint density at radius 1 is 1.05 bits per heavy atom. The van der Waals surface area contributed by atoms with Crippen molar-refractivity contribution in [3.05, 3.63) is 0 Å². The Bertz CT molecular complexity index is 352. The Labute approximate surface area is 119 Å². The van der Waals surface area contributed by atoms with Crippen LogP contribution in [0.2, 0.25) is 0 Å². The van der Waals surface area contributed by atoms with E-state index in [0.29, 0.717) is 0 Å². The molecule has 10 nitrogen and oxygen atoms in total. The molecule has 2 aliphatic rings. The number of aliphatic hydroxyl groups is 7. The Morgan fingerprint density at radius 3 is 2.24 bits per heavy atom. The smallest absolute Gasteiger partial charge is 0.218 e. The van der Waals surface area contributed by atoms with Crippen LogP contribution in [0.25, 0.3) is 0 Å². The summed E-state index contributed by atoms with van der Waals surface area (Å²) in [6.45, 7) is -1.76. The standard InChI is InChI=1S/C11H20O10/c12-1-4-6(14)7(15)8(16)10(20-4)21-5-2-19-11(18,3-13)9(5)17/h4-10,12-18H,1-3H2/t4?,5-,6+,7-,8?,9?,10?,11?/m0/s1. The highest BCUT2D eigenvalue weighted by Gasteiger charge is 2.52. The first-order valence-corrected chi connectivity index (χ1v) is 6.45. The van der Waals surface area contributed by atoms with Crippen LogP contribution in [0.3, 0.4) is 0 Å². The lowest BCUT2D eigenvalue weighted by Crippen LogP contribution is -2.60. The number of hydrogen-bond acceptors (Lipinski definition) is 10. The summed E-state index contributed by atoms with van der Waals surface area (Å²) in [6.07, 6.45) is -10.1. The molecule has 2 rings (SSSR count). The molecule has 5 unspecified atom stereocenters. The van der Waals surface area contributed by atoms with Crippen molar-refractivity contribution in [2.24, 2.45) is 0 Å². The summed E-state index contributed by atoms with van der Waals surface area (Å²) in [5.41, 5.74) is 0. The summed E-state index contributed by atoms with van der Waals surface area (Å²) in [5.74, 6) is -2.18. The van der Waals surface area contributed by atoms with Gasteiger partial charge in [0.25, 0.3) is 0 Å². The Hall–Kier alpha value is -0.400. The van der Waals surface area contributed by atoms with E-state index in [1.54, 1.807) is 0 Å². The third-order valence-corrected chi connectivity index (χ3v) is 3.70. The fraction of sp³-hybridized carbons (Fsp3) is 1.00. The van der Waals surface area contributed by atoms with Crippen molar-refractivity contribution >= 4 is 0 Å². The van der Waals surface area contributed by atoms with Crippen LogP contribution in [0.5, 0.6) is 0 Å². The molecule has 0 aromatic rings. The number of aliphatic hydroxyl groups excluding tert-OH is 6. The summed E-state index contributed by atoms with van der Waals surface area (Å²) < 4.78 is 15.1. The zero-order chi connectivity index (χ0) is 15.8. The summed E-state index contributed by atoms with van der Waals surface area (Å²) in [4.78, 5) is 0. The van der Waals surface area contributed by atoms with Gasteiger partial charge in [-0.05, 0) is 0 Å². The minimum Gasteiger partial charge on any atom is -0.394 e. The van der Waals surface area contributed by atoms with E-state index in [4.69, 9.17) is 24.4 Å². The fourth-order valence-electron chi connectivity index (χ4n) is 2.30. The zero-order valence-electron chi connectivity index (χ0n) is 11.0. The predicted molar refractivity (Wildman–Crippen MR) is 62.6 cm³/mol. The van der Waals surface area contributed by atoms with Gasteiger partial charge in [0.15, 0.2) is 6.29 Å². The molecule has 0 saturated carbocycles. The molecule has 7 N–H and O–H groups in total. The van der Waals surface area contributed by atoms with E-state index in [9.17, 15) is 25.5 Å². The maximum absolute atomic E-state index is 9.81. The molecule has 0 spiro atoms. The number of rotatable bonds is 4. The lowest BCUT2D eigenvalue weighted by atomic mass is 9.99. The first kappa shape index (κ1) is 17.0. The molecule has 2 fully saturated rings. The number of hydrogen-bond donors (Lipinski definition) is 7. The Kier molecular flexibility index (Phi) is 5.15. The molecule has 0 radical (unpaired) electrons. The lowest BCUT2D eigenvalue weighted by molar-refractivity contribution is -0.316. The molecule has 2 aliphatic heterocycles. The van der Waals surface area contributed by atoms with Gasteiger partial charge in [0.1, 0.15) is 36.6 Å². The van der Waals surface area contributed by atoms with Crippen LogP contribution >= 0.6 is 0 Å². The van der Waals surface area contributed by atoms with E-state index in [0.717, 1.165) is 0 Å². The van der Waals surface area contributed by atoms with E-state index in [1.807, 2.05) is 0 Å². The van der Waals surface area contributed by atoms with Crippen LogP contribution in [0, 0.1) is 0 Å². The first-order valence-electron chi connectivity index (χ1n) is 6.45. The van der Waals surface area contributed by atoms with Crippen molar-refractivity contribution in [2.75, 3.05) is 19.8 Å². The second-order valence-electron chi connectivity index (χ2n) is 5.13. The van der Waals surface area contributed by atoms with Crippen molar-refractivity contribution in [3.8, 4) is 0 Å². The second-order valence-corrected chi connectivity index (χ2v) is 5.13. The van der Waals surface area contributed by atoms with Gasteiger partial charge in [-0.15, -0.1) is 0 Å². The summed E-state index contributed by atoms with van der Waals surface area (Å²) in [6, 6.07) is 0. The highest BCUT2D eigenvalue weighted by Crippen LogP contribution is 2.29. The van der Waals surface area contributed by atoms with Gasteiger partial charge >= 0.3 is 0 Å². The lowest BCUT2D eigenvalue weighted by Gasteiger charge is -2.40. The summed E-state index contributed by atoms with van der Waals surface area (Å²) >= 11 is 0. The van der Waals surface area contributed by atoms with Crippen molar-refractivity contribution in [2.45, 2.75) is 48.7 Å². The maximum atomic E-state index is 9.81. The van der Waals surface area contributed by atoms with Gasteiger partial charge in [0, 0.05) is 0 Å². The van der Waals surface area contributed by atoms with E-state index >= 15 is 0 Å².